The number of benzene rings is 4. The Morgan fingerprint density at radius 2 is 1.64 bits per heavy atom. The Morgan fingerprint density at radius 1 is 0.848 bits per heavy atom. The van der Waals surface area contributed by atoms with Crippen molar-refractivity contribution in [2.45, 2.75) is 0 Å². The monoisotopic (exact) mass is 502 g/mol. The summed E-state index contributed by atoms with van der Waals surface area (Å²) in [7, 11) is 0. The number of nitrogens with zero attached hydrogens (tertiary/aromatic N) is 1. The molecule has 164 valence electrons. The largest absolute Gasteiger partial charge is 0.484 e. The molecule has 0 spiro atoms. The molecule has 0 bridgehead atoms. The van der Waals surface area contributed by atoms with Crippen molar-refractivity contribution in [2.24, 2.45) is 5.10 Å². The van der Waals surface area contributed by atoms with E-state index in [1.165, 1.54) is 6.21 Å². The van der Waals surface area contributed by atoms with E-state index in [-0.39, 0.29) is 6.61 Å². The Kier molecular flexibility index (Phi) is 7.12. The molecule has 1 amide bonds. The molecular formula is C26H19BrN2O4. The number of hydrazone groups is 1. The quantitative estimate of drug-likeness (QED) is 0.160. The molecule has 0 aromatic heterocycles. The topological polar surface area (TPSA) is 77.0 Å². The summed E-state index contributed by atoms with van der Waals surface area (Å²) in [4.78, 5) is 24.2. The predicted molar refractivity (Wildman–Crippen MR) is 131 cm³/mol. The second kappa shape index (κ2) is 10.6. The minimum absolute atomic E-state index is 0.173. The van der Waals surface area contributed by atoms with Gasteiger partial charge in [0, 0.05) is 4.47 Å². The fourth-order valence-corrected chi connectivity index (χ4v) is 3.42. The Hall–Kier alpha value is -3.97. The lowest BCUT2D eigenvalue weighted by Crippen LogP contribution is -2.24. The molecule has 7 heteroatoms. The van der Waals surface area contributed by atoms with Crippen molar-refractivity contribution < 1.29 is 19.1 Å². The molecule has 0 fully saturated rings. The number of hydrogen-bond acceptors (Lipinski definition) is 5. The summed E-state index contributed by atoms with van der Waals surface area (Å²) >= 11 is 3.45. The first-order chi connectivity index (χ1) is 16.1. The summed E-state index contributed by atoms with van der Waals surface area (Å²) < 4.78 is 11.9. The van der Waals surface area contributed by atoms with E-state index in [1.54, 1.807) is 48.5 Å². The maximum Gasteiger partial charge on any atom is 0.343 e. The summed E-state index contributed by atoms with van der Waals surface area (Å²) in [5, 5.41) is 6.03. The van der Waals surface area contributed by atoms with Gasteiger partial charge in [-0.05, 0) is 64.9 Å². The molecule has 6 nitrogen and oxygen atoms in total. The highest BCUT2D eigenvalue weighted by molar-refractivity contribution is 9.10. The van der Waals surface area contributed by atoms with Crippen molar-refractivity contribution in [3.8, 4) is 11.5 Å². The number of ether oxygens (including phenoxy) is 2. The number of rotatable bonds is 7. The van der Waals surface area contributed by atoms with Crippen LogP contribution in [0.4, 0.5) is 0 Å². The lowest BCUT2D eigenvalue weighted by atomic mass is 10.1. The zero-order chi connectivity index (χ0) is 23.0. The van der Waals surface area contributed by atoms with Gasteiger partial charge in [0.15, 0.2) is 6.61 Å². The highest BCUT2D eigenvalue weighted by atomic mass is 79.9. The van der Waals surface area contributed by atoms with Crippen molar-refractivity contribution in [3.05, 3.63) is 107 Å². The zero-order valence-corrected chi connectivity index (χ0v) is 19.0. The van der Waals surface area contributed by atoms with Crippen LogP contribution in [0.25, 0.3) is 10.8 Å². The van der Waals surface area contributed by atoms with E-state index in [0.717, 1.165) is 15.2 Å². The third-order valence-electron chi connectivity index (χ3n) is 4.62. The standard InChI is InChI=1S/C26H19BrN2O4/c27-22-11-9-21-15-23(12-10-20(21)14-22)32-17-25(30)29-28-16-18-5-4-8-24(13-18)33-26(31)19-6-2-1-3-7-19/h1-16H,17H2,(H,29,30). The van der Waals surface area contributed by atoms with Crippen LogP contribution < -0.4 is 14.9 Å². The molecule has 4 aromatic carbocycles. The fourth-order valence-electron chi connectivity index (χ4n) is 3.04. The number of halogens is 1. The normalized spacial score (nSPS) is 10.8. The van der Waals surface area contributed by atoms with Gasteiger partial charge in [0.1, 0.15) is 11.5 Å². The lowest BCUT2D eigenvalue weighted by Gasteiger charge is -2.07. The SMILES string of the molecule is O=C(COc1ccc2cc(Br)ccc2c1)NN=Cc1cccc(OC(=O)c2ccccc2)c1. The maximum atomic E-state index is 12.2. The maximum absolute atomic E-state index is 12.2. The first-order valence-electron chi connectivity index (χ1n) is 10.1. The number of fused-ring (bicyclic) bond motifs is 1. The van der Waals surface area contributed by atoms with E-state index in [1.807, 2.05) is 42.5 Å². The number of esters is 1. The van der Waals surface area contributed by atoms with E-state index >= 15 is 0 Å². The molecule has 0 atom stereocenters. The number of hydrogen-bond donors (Lipinski definition) is 1. The van der Waals surface area contributed by atoms with Crippen LogP contribution in [0, 0.1) is 0 Å². The van der Waals surface area contributed by atoms with Crippen LogP contribution in [0.15, 0.2) is 101 Å². The number of carbonyl (C=O) groups excluding carboxylic acids is 2. The van der Waals surface area contributed by atoms with Gasteiger partial charge in [-0.2, -0.15) is 5.10 Å². The minimum Gasteiger partial charge on any atom is -0.484 e. The van der Waals surface area contributed by atoms with Crippen molar-refractivity contribution in [1.29, 1.82) is 0 Å². The van der Waals surface area contributed by atoms with E-state index in [9.17, 15) is 9.59 Å². The number of nitrogens with one attached hydrogen (secondary N) is 1. The summed E-state index contributed by atoms with van der Waals surface area (Å²) in [5.74, 6) is 0.132. The number of amides is 1. The molecule has 1 N–H and O–H groups in total. The zero-order valence-electron chi connectivity index (χ0n) is 17.4. The van der Waals surface area contributed by atoms with Gasteiger partial charge in [0.05, 0.1) is 11.8 Å². The Morgan fingerprint density at radius 3 is 2.48 bits per heavy atom. The van der Waals surface area contributed by atoms with Gasteiger partial charge in [-0.15, -0.1) is 0 Å². The van der Waals surface area contributed by atoms with E-state index in [0.29, 0.717) is 22.6 Å². The third-order valence-corrected chi connectivity index (χ3v) is 5.12. The van der Waals surface area contributed by atoms with Gasteiger partial charge < -0.3 is 9.47 Å². The molecule has 0 unspecified atom stereocenters. The van der Waals surface area contributed by atoms with Gasteiger partial charge in [-0.1, -0.05) is 58.4 Å². The van der Waals surface area contributed by atoms with Crippen LogP contribution in [0.2, 0.25) is 0 Å². The summed E-state index contributed by atoms with van der Waals surface area (Å²) in [6.07, 6.45) is 1.46. The first kappa shape index (κ1) is 22.2. The van der Waals surface area contributed by atoms with Crippen LogP contribution in [0.3, 0.4) is 0 Å². The van der Waals surface area contributed by atoms with Crippen LogP contribution in [0.1, 0.15) is 15.9 Å². The van der Waals surface area contributed by atoms with E-state index < -0.39 is 11.9 Å². The van der Waals surface area contributed by atoms with Gasteiger partial charge in [0.25, 0.3) is 5.91 Å². The molecule has 0 radical (unpaired) electrons. The molecule has 4 aromatic rings. The second-order valence-electron chi connectivity index (χ2n) is 7.06. The van der Waals surface area contributed by atoms with Crippen LogP contribution in [0.5, 0.6) is 11.5 Å². The molecule has 0 aliphatic rings. The van der Waals surface area contributed by atoms with Crippen LogP contribution >= 0.6 is 15.9 Å². The van der Waals surface area contributed by atoms with Gasteiger partial charge in [-0.3, -0.25) is 4.79 Å². The van der Waals surface area contributed by atoms with Crippen LogP contribution in [-0.2, 0) is 4.79 Å². The highest BCUT2D eigenvalue weighted by Gasteiger charge is 2.08. The van der Waals surface area contributed by atoms with Crippen molar-refractivity contribution >= 4 is 44.8 Å². The summed E-state index contributed by atoms with van der Waals surface area (Å²) in [5.41, 5.74) is 3.55. The summed E-state index contributed by atoms with van der Waals surface area (Å²) in [6.45, 7) is -0.173. The third kappa shape index (κ3) is 6.27. The fraction of sp³-hybridized carbons (Fsp3) is 0.0385. The molecule has 0 saturated heterocycles. The smallest absolute Gasteiger partial charge is 0.343 e. The average molecular weight is 503 g/mol. The number of carbonyl (C=O) groups is 2. The molecule has 4 rings (SSSR count). The first-order valence-corrected chi connectivity index (χ1v) is 10.9. The second-order valence-corrected chi connectivity index (χ2v) is 7.98. The van der Waals surface area contributed by atoms with Gasteiger partial charge in [-0.25, -0.2) is 10.2 Å². The molecule has 0 aliphatic carbocycles. The van der Waals surface area contributed by atoms with Crippen molar-refractivity contribution in [3.63, 3.8) is 0 Å². The highest BCUT2D eigenvalue weighted by Crippen LogP contribution is 2.24. The van der Waals surface area contributed by atoms with E-state index in [4.69, 9.17) is 9.47 Å². The van der Waals surface area contributed by atoms with Crippen molar-refractivity contribution in [1.82, 2.24) is 5.43 Å². The van der Waals surface area contributed by atoms with Crippen molar-refractivity contribution in [2.75, 3.05) is 6.61 Å². The van der Waals surface area contributed by atoms with Gasteiger partial charge >= 0.3 is 5.97 Å². The Labute approximate surface area is 199 Å². The van der Waals surface area contributed by atoms with E-state index in [2.05, 4.69) is 26.5 Å². The summed E-state index contributed by atoms with van der Waals surface area (Å²) in [6, 6.07) is 27.1. The average Bonchev–Trinajstić information content (AvgIpc) is 2.83. The van der Waals surface area contributed by atoms with Crippen LogP contribution in [-0.4, -0.2) is 24.7 Å². The minimum atomic E-state index is -0.448. The molecule has 0 heterocycles. The molecule has 0 aliphatic heterocycles. The lowest BCUT2D eigenvalue weighted by molar-refractivity contribution is -0.123. The Bertz CT molecular complexity index is 1320. The predicted octanol–water partition coefficient (Wildman–Crippen LogP) is 5.35. The Balaban J connectivity index is 1.29. The molecule has 0 saturated carbocycles. The van der Waals surface area contributed by atoms with Gasteiger partial charge in [0.2, 0.25) is 0 Å². The molecular weight excluding hydrogens is 484 g/mol. The molecule has 33 heavy (non-hydrogen) atoms.